The minimum atomic E-state index is -0.952. The zero-order chi connectivity index (χ0) is 17.7. The molecule has 24 heavy (non-hydrogen) atoms. The number of nitrogens with one attached hydrogen (secondary N) is 1. The fourth-order valence-corrected chi connectivity index (χ4v) is 3.00. The molecule has 1 heterocycles. The van der Waals surface area contributed by atoms with E-state index in [2.05, 4.69) is 21.2 Å². The Kier molecular flexibility index (Phi) is 6.23. The Bertz CT molecular complexity index is 610. The fourth-order valence-electron chi connectivity index (χ4n) is 2.63. The van der Waals surface area contributed by atoms with Crippen LogP contribution in [-0.2, 0) is 4.79 Å². The molecule has 1 fully saturated rings. The molecular weight excluding hydrogens is 376 g/mol. The number of rotatable bonds is 8. The van der Waals surface area contributed by atoms with Gasteiger partial charge in [-0.1, -0.05) is 41.8 Å². The largest absolute Gasteiger partial charge is 0.491 e. The Labute approximate surface area is 150 Å². The first-order valence-electron chi connectivity index (χ1n) is 8.06. The number of imide groups is 1. The van der Waals surface area contributed by atoms with Gasteiger partial charge in [0, 0.05) is 4.47 Å². The first kappa shape index (κ1) is 18.7. The van der Waals surface area contributed by atoms with Crippen LogP contribution in [0.2, 0.25) is 0 Å². The number of aliphatic hydroxyl groups is 1. The van der Waals surface area contributed by atoms with Gasteiger partial charge in [-0.05, 0) is 31.5 Å². The van der Waals surface area contributed by atoms with Crippen molar-refractivity contribution in [1.29, 1.82) is 0 Å². The zero-order valence-corrected chi connectivity index (χ0v) is 15.5. The summed E-state index contributed by atoms with van der Waals surface area (Å²) < 4.78 is 6.37. The summed E-state index contributed by atoms with van der Waals surface area (Å²) in [6.45, 7) is 3.68. The monoisotopic (exact) mass is 398 g/mol. The smallest absolute Gasteiger partial charge is 0.325 e. The van der Waals surface area contributed by atoms with Crippen molar-refractivity contribution in [2.45, 2.75) is 44.8 Å². The number of hydrogen-bond acceptors (Lipinski definition) is 4. The van der Waals surface area contributed by atoms with Crippen molar-refractivity contribution >= 4 is 27.9 Å². The van der Waals surface area contributed by atoms with Gasteiger partial charge in [0.05, 0.1) is 6.54 Å². The average molecular weight is 399 g/mol. The molecule has 2 N–H and O–H groups in total. The van der Waals surface area contributed by atoms with Crippen molar-refractivity contribution in [2.24, 2.45) is 0 Å². The lowest BCUT2D eigenvalue weighted by Crippen LogP contribution is -2.44. The van der Waals surface area contributed by atoms with Crippen LogP contribution in [0.25, 0.3) is 0 Å². The number of nitrogens with zero attached hydrogens (tertiary/aromatic N) is 1. The predicted molar refractivity (Wildman–Crippen MR) is 93.8 cm³/mol. The molecule has 0 saturated carbocycles. The molecule has 132 valence electrons. The topological polar surface area (TPSA) is 78.9 Å². The van der Waals surface area contributed by atoms with Crippen LogP contribution < -0.4 is 10.1 Å². The van der Waals surface area contributed by atoms with Crippen LogP contribution in [0.15, 0.2) is 28.7 Å². The lowest BCUT2D eigenvalue weighted by atomic mass is 9.95. The van der Waals surface area contributed by atoms with E-state index in [4.69, 9.17) is 4.74 Å². The maximum Gasteiger partial charge on any atom is 0.325 e. The summed E-state index contributed by atoms with van der Waals surface area (Å²) in [6.07, 6.45) is 1.44. The van der Waals surface area contributed by atoms with Crippen molar-refractivity contribution in [1.82, 2.24) is 10.2 Å². The molecule has 1 aliphatic heterocycles. The van der Waals surface area contributed by atoms with Crippen LogP contribution >= 0.6 is 15.9 Å². The van der Waals surface area contributed by atoms with Gasteiger partial charge in [0.2, 0.25) is 0 Å². The number of β-amino-alcohol motifs (C(OH)–C–C–N with tert-alkyl or cyclic N) is 1. The molecule has 0 spiro atoms. The molecular formula is C17H23BrN2O4. The zero-order valence-electron chi connectivity index (χ0n) is 13.9. The third-order valence-electron chi connectivity index (χ3n) is 4.01. The number of unbranched alkanes of at least 4 members (excludes halogenated alkanes) is 1. The molecule has 1 saturated heterocycles. The van der Waals surface area contributed by atoms with Crippen molar-refractivity contribution in [3.8, 4) is 5.75 Å². The van der Waals surface area contributed by atoms with Gasteiger partial charge in [-0.2, -0.15) is 0 Å². The number of carbonyl (C=O) groups excluding carboxylic acids is 2. The second kappa shape index (κ2) is 7.98. The fraction of sp³-hybridized carbons (Fsp3) is 0.529. The number of urea groups is 1. The minimum absolute atomic E-state index is 0.000806. The summed E-state index contributed by atoms with van der Waals surface area (Å²) in [5.74, 6) is 0.316. The number of hydrogen-bond donors (Lipinski definition) is 2. The predicted octanol–water partition coefficient (Wildman–Crippen LogP) is 2.69. The molecule has 1 aromatic rings. The van der Waals surface area contributed by atoms with Gasteiger partial charge in [-0.25, -0.2) is 4.79 Å². The van der Waals surface area contributed by atoms with E-state index in [1.807, 2.05) is 19.1 Å². The van der Waals surface area contributed by atoms with E-state index in [1.54, 1.807) is 19.1 Å². The minimum Gasteiger partial charge on any atom is -0.491 e. The Balaban J connectivity index is 1.90. The maximum absolute atomic E-state index is 12.5. The van der Waals surface area contributed by atoms with Gasteiger partial charge in [-0.15, -0.1) is 0 Å². The van der Waals surface area contributed by atoms with Crippen molar-refractivity contribution in [2.75, 3.05) is 13.2 Å². The molecule has 2 unspecified atom stereocenters. The average Bonchev–Trinajstić information content (AvgIpc) is 2.75. The van der Waals surface area contributed by atoms with E-state index in [-0.39, 0.29) is 19.1 Å². The molecule has 0 radical (unpaired) electrons. The summed E-state index contributed by atoms with van der Waals surface area (Å²) in [7, 11) is 0. The number of carbonyl (C=O) groups is 2. The van der Waals surface area contributed by atoms with E-state index in [9.17, 15) is 14.7 Å². The molecule has 1 aliphatic rings. The van der Waals surface area contributed by atoms with Crippen LogP contribution in [0.3, 0.4) is 0 Å². The van der Waals surface area contributed by atoms with E-state index < -0.39 is 17.7 Å². The van der Waals surface area contributed by atoms with E-state index >= 15 is 0 Å². The molecule has 7 heteroatoms. The summed E-state index contributed by atoms with van der Waals surface area (Å²) in [5, 5.41) is 12.8. The first-order valence-corrected chi connectivity index (χ1v) is 8.85. The second-order valence-electron chi connectivity index (χ2n) is 6.20. The molecule has 2 atom stereocenters. The molecule has 2 rings (SSSR count). The highest BCUT2D eigenvalue weighted by atomic mass is 79.9. The molecule has 3 amide bonds. The summed E-state index contributed by atoms with van der Waals surface area (Å²) in [4.78, 5) is 25.6. The standard InChI is InChI=1S/C17H23BrN2O4/c1-3-4-8-17(2)15(22)20(16(23)19-17)10-13(21)11-24-14-7-5-6-12(18)9-14/h5-7,9,13,21H,3-4,8,10-11H2,1-2H3,(H,19,23). The quantitative estimate of drug-likeness (QED) is 0.659. The van der Waals surface area contributed by atoms with Gasteiger partial charge in [0.1, 0.15) is 24.0 Å². The van der Waals surface area contributed by atoms with Crippen molar-refractivity contribution < 1.29 is 19.4 Å². The Morgan fingerprint density at radius 1 is 1.42 bits per heavy atom. The van der Waals surface area contributed by atoms with Crippen molar-refractivity contribution in [3.63, 3.8) is 0 Å². The van der Waals surface area contributed by atoms with E-state index in [1.165, 1.54) is 0 Å². The summed E-state index contributed by atoms with van der Waals surface area (Å²) in [5.41, 5.74) is -0.877. The lowest BCUT2D eigenvalue weighted by Gasteiger charge is -2.22. The van der Waals surface area contributed by atoms with Gasteiger partial charge in [-0.3, -0.25) is 9.69 Å². The molecule has 1 aromatic carbocycles. The summed E-state index contributed by atoms with van der Waals surface area (Å²) >= 11 is 3.34. The molecule has 0 aliphatic carbocycles. The van der Waals surface area contributed by atoms with Gasteiger partial charge < -0.3 is 15.2 Å². The van der Waals surface area contributed by atoms with Crippen molar-refractivity contribution in [3.05, 3.63) is 28.7 Å². The van der Waals surface area contributed by atoms with Gasteiger partial charge in [0.25, 0.3) is 5.91 Å². The Hall–Kier alpha value is -1.60. The third kappa shape index (κ3) is 4.48. The van der Waals surface area contributed by atoms with E-state index in [0.29, 0.717) is 12.2 Å². The highest BCUT2D eigenvalue weighted by molar-refractivity contribution is 9.10. The van der Waals surface area contributed by atoms with Crippen LogP contribution in [0, 0.1) is 0 Å². The highest BCUT2D eigenvalue weighted by Gasteiger charge is 2.47. The summed E-state index contributed by atoms with van der Waals surface area (Å²) in [6, 6.07) is 6.78. The molecule has 0 aromatic heterocycles. The Morgan fingerprint density at radius 2 is 2.17 bits per heavy atom. The van der Waals surface area contributed by atoms with Crippen LogP contribution in [0.1, 0.15) is 33.1 Å². The van der Waals surface area contributed by atoms with Crippen LogP contribution in [0.5, 0.6) is 5.75 Å². The Morgan fingerprint density at radius 3 is 2.83 bits per heavy atom. The third-order valence-corrected chi connectivity index (χ3v) is 4.50. The number of benzene rings is 1. The van der Waals surface area contributed by atoms with Crippen LogP contribution in [-0.4, -0.2) is 46.7 Å². The van der Waals surface area contributed by atoms with E-state index in [0.717, 1.165) is 22.2 Å². The molecule has 6 nitrogen and oxygen atoms in total. The first-order chi connectivity index (χ1) is 11.4. The second-order valence-corrected chi connectivity index (χ2v) is 7.12. The number of amides is 3. The molecule has 0 bridgehead atoms. The number of aliphatic hydroxyl groups excluding tert-OH is 1. The highest BCUT2D eigenvalue weighted by Crippen LogP contribution is 2.24. The lowest BCUT2D eigenvalue weighted by molar-refractivity contribution is -0.132. The van der Waals surface area contributed by atoms with Gasteiger partial charge in [0.15, 0.2) is 0 Å². The maximum atomic E-state index is 12.5. The normalized spacial score (nSPS) is 21.8. The number of halogens is 1. The SMILES string of the molecule is CCCCC1(C)NC(=O)N(CC(O)COc2cccc(Br)c2)C1=O. The van der Waals surface area contributed by atoms with Gasteiger partial charge >= 0.3 is 6.03 Å². The number of ether oxygens (including phenoxy) is 1. The van der Waals surface area contributed by atoms with Crippen LogP contribution in [0.4, 0.5) is 4.79 Å².